The minimum atomic E-state index is -0.395. The molecule has 0 saturated heterocycles. The van der Waals surface area contributed by atoms with Crippen LogP contribution in [0.3, 0.4) is 0 Å². The van der Waals surface area contributed by atoms with E-state index in [9.17, 15) is 5.11 Å². The van der Waals surface area contributed by atoms with Crippen molar-refractivity contribution in [2.45, 2.75) is 63.9 Å². The fourth-order valence-corrected chi connectivity index (χ4v) is 3.91. The van der Waals surface area contributed by atoms with Crippen LogP contribution in [-0.2, 0) is 0 Å². The van der Waals surface area contributed by atoms with Crippen molar-refractivity contribution in [3.8, 4) is 0 Å². The molecule has 2 aliphatic rings. The number of hydrogen-bond acceptors (Lipinski definition) is 1. The van der Waals surface area contributed by atoms with Gasteiger partial charge in [0.05, 0.1) is 5.60 Å². The molecular weight excluding hydrogens is 232 g/mol. The molecule has 3 atom stereocenters. The van der Waals surface area contributed by atoms with Gasteiger partial charge in [-0.3, -0.25) is 0 Å². The summed E-state index contributed by atoms with van der Waals surface area (Å²) >= 11 is 0. The Morgan fingerprint density at radius 3 is 2.47 bits per heavy atom. The molecule has 0 heterocycles. The molecule has 19 heavy (non-hydrogen) atoms. The van der Waals surface area contributed by atoms with E-state index >= 15 is 0 Å². The van der Waals surface area contributed by atoms with E-state index in [2.05, 4.69) is 44.2 Å². The molecule has 1 aromatic rings. The molecule has 2 aliphatic carbocycles. The standard InChI is InChI=1S/C18H26O/c1-17(2)9-6-10-18(19,12-11-17)16-13-15(16)14-7-4-3-5-8-14/h3-5,7-8,15-16,19H,6,9-13H2,1-2H3. The average Bonchev–Trinajstić information content (AvgIpc) is 3.18. The predicted molar refractivity (Wildman–Crippen MR) is 79.1 cm³/mol. The van der Waals surface area contributed by atoms with E-state index in [0.717, 1.165) is 12.8 Å². The van der Waals surface area contributed by atoms with Gasteiger partial charge in [0, 0.05) is 0 Å². The quantitative estimate of drug-likeness (QED) is 0.774. The number of benzene rings is 1. The van der Waals surface area contributed by atoms with E-state index in [4.69, 9.17) is 0 Å². The van der Waals surface area contributed by atoms with Crippen molar-refractivity contribution in [1.82, 2.24) is 0 Å². The molecule has 2 fully saturated rings. The van der Waals surface area contributed by atoms with Gasteiger partial charge in [-0.25, -0.2) is 0 Å². The van der Waals surface area contributed by atoms with Crippen LogP contribution < -0.4 is 0 Å². The van der Waals surface area contributed by atoms with Crippen LogP contribution in [0.1, 0.15) is 63.9 Å². The first kappa shape index (κ1) is 13.2. The van der Waals surface area contributed by atoms with E-state index in [0.29, 0.717) is 17.3 Å². The average molecular weight is 258 g/mol. The molecule has 0 radical (unpaired) electrons. The number of hydrogen-bond donors (Lipinski definition) is 1. The van der Waals surface area contributed by atoms with Crippen molar-refractivity contribution in [3.63, 3.8) is 0 Å². The Bertz CT molecular complexity index is 436. The first-order valence-corrected chi connectivity index (χ1v) is 7.78. The summed E-state index contributed by atoms with van der Waals surface area (Å²) in [4.78, 5) is 0. The number of aliphatic hydroxyl groups is 1. The van der Waals surface area contributed by atoms with Crippen LogP contribution in [0.25, 0.3) is 0 Å². The molecule has 0 aromatic heterocycles. The van der Waals surface area contributed by atoms with Crippen molar-refractivity contribution in [1.29, 1.82) is 0 Å². The van der Waals surface area contributed by atoms with E-state index in [1.54, 1.807) is 0 Å². The third kappa shape index (κ3) is 2.72. The van der Waals surface area contributed by atoms with Crippen LogP contribution in [-0.4, -0.2) is 10.7 Å². The molecule has 0 aliphatic heterocycles. The second kappa shape index (κ2) is 4.63. The van der Waals surface area contributed by atoms with E-state index in [1.807, 2.05) is 0 Å². The van der Waals surface area contributed by atoms with Gasteiger partial charge in [-0.1, -0.05) is 50.6 Å². The zero-order chi connectivity index (χ0) is 13.5. The summed E-state index contributed by atoms with van der Waals surface area (Å²) in [5.74, 6) is 1.11. The van der Waals surface area contributed by atoms with Crippen molar-refractivity contribution in [3.05, 3.63) is 35.9 Å². The maximum atomic E-state index is 11.1. The summed E-state index contributed by atoms with van der Waals surface area (Å²) in [5.41, 5.74) is 1.44. The molecule has 2 saturated carbocycles. The Morgan fingerprint density at radius 2 is 1.74 bits per heavy atom. The van der Waals surface area contributed by atoms with Crippen LogP contribution >= 0.6 is 0 Å². The summed E-state index contributed by atoms with van der Waals surface area (Å²) < 4.78 is 0. The molecule has 3 unspecified atom stereocenters. The van der Waals surface area contributed by atoms with Gasteiger partial charge in [0.15, 0.2) is 0 Å². The Labute approximate surface area is 117 Å². The Morgan fingerprint density at radius 1 is 1.00 bits per heavy atom. The molecule has 1 N–H and O–H groups in total. The predicted octanol–water partition coefficient (Wildman–Crippen LogP) is 4.51. The molecule has 0 spiro atoms. The second-order valence-electron chi connectivity index (χ2n) is 7.48. The van der Waals surface area contributed by atoms with Crippen molar-refractivity contribution < 1.29 is 5.11 Å². The van der Waals surface area contributed by atoms with Gasteiger partial charge >= 0.3 is 0 Å². The highest BCUT2D eigenvalue weighted by Gasteiger charge is 2.52. The lowest BCUT2D eigenvalue weighted by molar-refractivity contribution is -0.00147. The third-order valence-electron chi connectivity index (χ3n) is 5.41. The van der Waals surface area contributed by atoms with Gasteiger partial charge in [-0.05, 0) is 54.9 Å². The molecule has 0 bridgehead atoms. The molecular formula is C18H26O. The Kier molecular flexibility index (Phi) is 3.21. The van der Waals surface area contributed by atoms with Crippen LogP contribution in [0.15, 0.2) is 30.3 Å². The summed E-state index contributed by atoms with van der Waals surface area (Å²) in [5, 5.41) is 11.1. The zero-order valence-corrected chi connectivity index (χ0v) is 12.2. The lowest BCUT2D eigenvalue weighted by Gasteiger charge is -2.28. The van der Waals surface area contributed by atoms with Crippen LogP contribution in [0.4, 0.5) is 0 Å². The number of rotatable bonds is 2. The van der Waals surface area contributed by atoms with Gasteiger partial charge in [0.2, 0.25) is 0 Å². The highest BCUT2D eigenvalue weighted by atomic mass is 16.3. The molecule has 1 heteroatoms. The zero-order valence-electron chi connectivity index (χ0n) is 12.2. The largest absolute Gasteiger partial charge is 0.390 e. The minimum Gasteiger partial charge on any atom is -0.390 e. The summed E-state index contributed by atoms with van der Waals surface area (Å²) in [6.45, 7) is 4.70. The van der Waals surface area contributed by atoms with Gasteiger partial charge in [-0.15, -0.1) is 0 Å². The fraction of sp³-hybridized carbons (Fsp3) is 0.667. The second-order valence-corrected chi connectivity index (χ2v) is 7.48. The first-order chi connectivity index (χ1) is 9.00. The van der Waals surface area contributed by atoms with E-state index in [-0.39, 0.29) is 0 Å². The van der Waals surface area contributed by atoms with Gasteiger partial charge in [-0.2, -0.15) is 0 Å². The SMILES string of the molecule is CC1(C)CCCC(O)(C2CC2c2ccccc2)CC1. The van der Waals surface area contributed by atoms with Gasteiger partial charge < -0.3 is 5.11 Å². The Balaban J connectivity index is 1.70. The maximum Gasteiger partial charge on any atom is 0.0682 e. The molecule has 1 nitrogen and oxygen atoms in total. The molecule has 0 amide bonds. The van der Waals surface area contributed by atoms with Crippen molar-refractivity contribution in [2.24, 2.45) is 11.3 Å². The molecule has 104 valence electrons. The minimum absolute atomic E-state index is 0.395. The van der Waals surface area contributed by atoms with Gasteiger partial charge in [0.1, 0.15) is 0 Å². The highest BCUT2D eigenvalue weighted by Crippen LogP contribution is 2.57. The fourth-order valence-electron chi connectivity index (χ4n) is 3.91. The molecule has 3 rings (SSSR count). The third-order valence-corrected chi connectivity index (χ3v) is 5.41. The smallest absolute Gasteiger partial charge is 0.0682 e. The summed E-state index contributed by atoms with van der Waals surface area (Å²) in [6, 6.07) is 10.7. The molecule has 1 aromatic carbocycles. The Hall–Kier alpha value is -0.820. The normalized spacial score (nSPS) is 37.6. The summed E-state index contributed by atoms with van der Waals surface area (Å²) in [6.07, 6.45) is 6.79. The van der Waals surface area contributed by atoms with Crippen LogP contribution in [0.5, 0.6) is 0 Å². The van der Waals surface area contributed by atoms with Crippen LogP contribution in [0.2, 0.25) is 0 Å². The van der Waals surface area contributed by atoms with Crippen molar-refractivity contribution >= 4 is 0 Å². The maximum absolute atomic E-state index is 11.1. The van der Waals surface area contributed by atoms with E-state index in [1.165, 1.54) is 31.2 Å². The first-order valence-electron chi connectivity index (χ1n) is 7.78. The highest BCUT2D eigenvalue weighted by molar-refractivity contribution is 5.27. The monoisotopic (exact) mass is 258 g/mol. The van der Waals surface area contributed by atoms with Crippen LogP contribution in [0, 0.1) is 11.3 Å². The van der Waals surface area contributed by atoms with Gasteiger partial charge in [0.25, 0.3) is 0 Å². The lowest BCUT2D eigenvalue weighted by atomic mass is 9.82. The van der Waals surface area contributed by atoms with Crippen molar-refractivity contribution in [2.75, 3.05) is 0 Å². The van der Waals surface area contributed by atoms with E-state index < -0.39 is 5.60 Å². The summed E-state index contributed by atoms with van der Waals surface area (Å²) in [7, 11) is 0. The lowest BCUT2D eigenvalue weighted by Crippen LogP contribution is -2.31. The topological polar surface area (TPSA) is 20.2 Å².